The van der Waals surface area contributed by atoms with Gasteiger partial charge in [0.2, 0.25) is 0 Å². The highest BCUT2D eigenvalue weighted by Crippen LogP contribution is 2.21. The van der Waals surface area contributed by atoms with E-state index in [1.54, 1.807) is 6.92 Å². The largest absolute Gasteiger partial charge is 0.281 e. The lowest BCUT2D eigenvalue weighted by molar-refractivity contribution is 0.608. The summed E-state index contributed by atoms with van der Waals surface area (Å²) in [5.41, 5.74) is 0.976. The number of aryl methyl sites for hydroxylation is 2. The van der Waals surface area contributed by atoms with Gasteiger partial charge in [-0.2, -0.15) is 5.10 Å². The standard InChI is InChI=1S/C6H9ClN2O2S/c1-3-5-6(12(7,10)11)4(2)8-9-5/h3H2,1-2H3,(H,8,9). The van der Waals surface area contributed by atoms with Gasteiger partial charge in [-0.3, -0.25) is 5.10 Å². The highest BCUT2D eigenvalue weighted by molar-refractivity contribution is 8.13. The second kappa shape index (κ2) is 3.06. The number of H-pyrrole nitrogens is 1. The Morgan fingerprint density at radius 3 is 2.50 bits per heavy atom. The van der Waals surface area contributed by atoms with Crippen molar-refractivity contribution in [3.8, 4) is 0 Å². The molecule has 1 aromatic rings. The van der Waals surface area contributed by atoms with Crippen molar-refractivity contribution in [2.24, 2.45) is 0 Å². The van der Waals surface area contributed by atoms with Gasteiger partial charge in [0.05, 0.1) is 11.4 Å². The van der Waals surface area contributed by atoms with Crippen molar-refractivity contribution in [2.75, 3.05) is 0 Å². The van der Waals surface area contributed by atoms with Gasteiger partial charge >= 0.3 is 0 Å². The maximum absolute atomic E-state index is 11.0. The van der Waals surface area contributed by atoms with Gasteiger partial charge in [0, 0.05) is 10.7 Å². The molecule has 0 aliphatic heterocycles. The second-order valence-corrected chi connectivity index (χ2v) is 4.92. The predicted molar refractivity (Wildman–Crippen MR) is 45.7 cm³/mol. The van der Waals surface area contributed by atoms with E-state index in [-0.39, 0.29) is 4.90 Å². The van der Waals surface area contributed by atoms with E-state index in [4.69, 9.17) is 10.7 Å². The van der Waals surface area contributed by atoms with Gasteiger partial charge in [-0.1, -0.05) is 6.92 Å². The summed E-state index contributed by atoms with van der Waals surface area (Å²) in [6.45, 7) is 3.45. The molecule has 1 heterocycles. The van der Waals surface area contributed by atoms with Crippen LogP contribution >= 0.6 is 10.7 Å². The maximum atomic E-state index is 11.0. The van der Waals surface area contributed by atoms with E-state index in [1.807, 2.05) is 6.92 Å². The number of nitrogens with zero attached hydrogens (tertiary/aromatic N) is 1. The molecule has 12 heavy (non-hydrogen) atoms. The van der Waals surface area contributed by atoms with Gasteiger partial charge in [0.25, 0.3) is 9.05 Å². The summed E-state index contributed by atoms with van der Waals surface area (Å²) in [7, 11) is 1.55. The van der Waals surface area contributed by atoms with Crippen LogP contribution in [0.3, 0.4) is 0 Å². The summed E-state index contributed by atoms with van der Waals surface area (Å²) in [5.74, 6) is 0. The molecule has 1 N–H and O–H groups in total. The predicted octanol–water partition coefficient (Wildman–Crippen LogP) is 1.21. The van der Waals surface area contributed by atoms with E-state index < -0.39 is 9.05 Å². The summed E-state index contributed by atoms with van der Waals surface area (Å²) >= 11 is 0. The first-order valence-corrected chi connectivity index (χ1v) is 5.76. The molecule has 0 unspecified atom stereocenters. The molecule has 68 valence electrons. The molecular formula is C6H9ClN2O2S. The molecule has 4 nitrogen and oxygen atoms in total. The molecule has 6 heteroatoms. The van der Waals surface area contributed by atoms with E-state index >= 15 is 0 Å². The Bertz CT molecular complexity index is 382. The SMILES string of the molecule is CCc1n[nH]c(C)c1S(=O)(=O)Cl. The Hall–Kier alpha value is -0.550. The average molecular weight is 209 g/mol. The van der Waals surface area contributed by atoms with Crippen LogP contribution in [0.2, 0.25) is 0 Å². The van der Waals surface area contributed by atoms with Crippen molar-refractivity contribution in [3.63, 3.8) is 0 Å². The lowest BCUT2D eigenvalue weighted by Gasteiger charge is -1.94. The third kappa shape index (κ3) is 1.61. The zero-order chi connectivity index (χ0) is 9.35. The summed E-state index contributed by atoms with van der Waals surface area (Å²) in [4.78, 5) is 0.117. The molecule has 0 fully saturated rings. The first-order chi connectivity index (χ1) is 5.46. The van der Waals surface area contributed by atoms with Gasteiger partial charge in [0.15, 0.2) is 0 Å². The van der Waals surface area contributed by atoms with Crippen LogP contribution in [0.1, 0.15) is 18.3 Å². The molecule has 0 saturated carbocycles. The average Bonchev–Trinajstić information content (AvgIpc) is 2.29. The van der Waals surface area contributed by atoms with Crippen molar-refractivity contribution in [1.82, 2.24) is 10.2 Å². The summed E-state index contributed by atoms with van der Waals surface area (Å²) in [5, 5.41) is 6.39. The van der Waals surface area contributed by atoms with Gasteiger partial charge in [-0.15, -0.1) is 0 Å². The fourth-order valence-electron chi connectivity index (χ4n) is 1.03. The zero-order valence-electron chi connectivity index (χ0n) is 6.76. The highest BCUT2D eigenvalue weighted by atomic mass is 35.7. The highest BCUT2D eigenvalue weighted by Gasteiger charge is 2.20. The van der Waals surface area contributed by atoms with Gasteiger partial charge < -0.3 is 0 Å². The molecule has 0 atom stereocenters. The molecule has 1 aromatic heterocycles. The van der Waals surface area contributed by atoms with Crippen LogP contribution in [0.25, 0.3) is 0 Å². The molecule has 0 aliphatic rings. The molecule has 0 saturated heterocycles. The molecular weight excluding hydrogens is 200 g/mol. The van der Waals surface area contributed by atoms with E-state index in [9.17, 15) is 8.42 Å². The molecule has 1 rings (SSSR count). The van der Waals surface area contributed by atoms with Crippen LogP contribution < -0.4 is 0 Å². The monoisotopic (exact) mass is 208 g/mol. The van der Waals surface area contributed by atoms with E-state index in [0.29, 0.717) is 17.8 Å². The fraction of sp³-hybridized carbons (Fsp3) is 0.500. The number of halogens is 1. The first-order valence-electron chi connectivity index (χ1n) is 3.45. The smallest absolute Gasteiger partial charge is 0.264 e. The van der Waals surface area contributed by atoms with E-state index in [0.717, 1.165) is 0 Å². The van der Waals surface area contributed by atoms with Crippen molar-refractivity contribution < 1.29 is 8.42 Å². The van der Waals surface area contributed by atoms with Crippen molar-refractivity contribution in [3.05, 3.63) is 11.4 Å². The molecule has 0 aromatic carbocycles. The Balaban J connectivity index is 3.39. The van der Waals surface area contributed by atoms with Crippen LogP contribution in [0.5, 0.6) is 0 Å². The minimum atomic E-state index is -3.65. The van der Waals surface area contributed by atoms with Crippen LogP contribution in [0, 0.1) is 6.92 Å². The first kappa shape index (κ1) is 9.54. The van der Waals surface area contributed by atoms with E-state index in [2.05, 4.69) is 10.2 Å². The third-order valence-corrected chi connectivity index (χ3v) is 3.03. The zero-order valence-corrected chi connectivity index (χ0v) is 8.33. The number of aromatic amines is 1. The second-order valence-electron chi connectivity index (χ2n) is 2.42. The summed E-state index contributed by atoms with van der Waals surface area (Å²) < 4.78 is 22.0. The van der Waals surface area contributed by atoms with Gasteiger partial charge in [0.1, 0.15) is 4.90 Å². The Labute approximate surface area is 75.4 Å². The van der Waals surface area contributed by atoms with Crippen LogP contribution in [-0.2, 0) is 15.5 Å². The van der Waals surface area contributed by atoms with Gasteiger partial charge in [-0.05, 0) is 13.3 Å². The van der Waals surface area contributed by atoms with Gasteiger partial charge in [-0.25, -0.2) is 8.42 Å². The molecule has 0 amide bonds. The topological polar surface area (TPSA) is 62.8 Å². The summed E-state index contributed by atoms with van der Waals surface area (Å²) in [6.07, 6.45) is 0.547. The quantitative estimate of drug-likeness (QED) is 0.744. The van der Waals surface area contributed by atoms with Crippen molar-refractivity contribution in [1.29, 1.82) is 0 Å². The number of nitrogens with one attached hydrogen (secondary N) is 1. The minimum absolute atomic E-state index is 0.117. The number of rotatable bonds is 2. The number of hydrogen-bond donors (Lipinski definition) is 1. The molecule has 0 radical (unpaired) electrons. The van der Waals surface area contributed by atoms with Crippen LogP contribution in [0.15, 0.2) is 4.90 Å². The minimum Gasteiger partial charge on any atom is -0.281 e. The van der Waals surface area contributed by atoms with E-state index in [1.165, 1.54) is 0 Å². The Kier molecular flexibility index (Phi) is 2.44. The summed E-state index contributed by atoms with van der Waals surface area (Å²) in [6, 6.07) is 0. The van der Waals surface area contributed by atoms with Crippen LogP contribution in [-0.4, -0.2) is 18.6 Å². The van der Waals surface area contributed by atoms with Crippen LogP contribution in [0.4, 0.5) is 0 Å². The lowest BCUT2D eigenvalue weighted by atomic mass is 10.3. The normalized spacial score (nSPS) is 11.9. The Morgan fingerprint density at radius 1 is 1.58 bits per heavy atom. The fourth-order valence-corrected chi connectivity index (χ4v) is 2.53. The van der Waals surface area contributed by atoms with Crippen molar-refractivity contribution >= 4 is 19.7 Å². The maximum Gasteiger partial charge on any atom is 0.264 e. The number of aromatic nitrogens is 2. The van der Waals surface area contributed by atoms with Crippen molar-refractivity contribution in [2.45, 2.75) is 25.2 Å². The molecule has 0 aliphatic carbocycles. The third-order valence-electron chi connectivity index (χ3n) is 1.54. The lowest BCUT2D eigenvalue weighted by Crippen LogP contribution is -1.95. The molecule has 0 bridgehead atoms. The Morgan fingerprint density at radius 2 is 2.17 bits per heavy atom. The molecule has 0 spiro atoms. The number of hydrogen-bond acceptors (Lipinski definition) is 3.